The fraction of sp³-hybridized carbons (Fsp3) is 0.417. The van der Waals surface area contributed by atoms with Gasteiger partial charge in [-0.05, 0) is 30.7 Å². The molecule has 1 atom stereocenters. The number of hydrogen-bond donors (Lipinski definition) is 2. The lowest BCUT2D eigenvalue weighted by Gasteiger charge is -2.13. The first-order chi connectivity index (χ1) is 8.68. The summed E-state index contributed by atoms with van der Waals surface area (Å²) in [4.78, 5) is 10.6. The normalized spacial score (nSPS) is 13.3. The summed E-state index contributed by atoms with van der Waals surface area (Å²) < 4.78 is 50.5. The maximum absolute atomic E-state index is 13.1. The number of carbonyl (C=O) groups excluding carboxylic acids is 1. The van der Waals surface area contributed by atoms with Crippen molar-refractivity contribution in [2.75, 3.05) is 0 Å². The van der Waals surface area contributed by atoms with Crippen LogP contribution >= 0.6 is 0 Å². The highest BCUT2D eigenvalue weighted by atomic mass is 19.4. The van der Waals surface area contributed by atoms with Gasteiger partial charge in [0, 0.05) is 19.0 Å². The Hall–Kier alpha value is -1.63. The lowest BCUT2D eigenvalue weighted by atomic mass is 10.1. The van der Waals surface area contributed by atoms with Crippen molar-refractivity contribution in [1.29, 1.82) is 0 Å². The van der Waals surface area contributed by atoms with Gasteiger partial charge in [0.1, 0.15) is 5.82 Å². The quantitative estimate of drug-likeness (QED) is 0.811. The van der Waals surface area contributed by atoms with E-state index in [1.54, 1.807) is 6.92 Å². The van der Waals surface area contributed by atoms with Crippen LogP contribution in [0.1, 0.15) is 24.5 Å². The van der Waals surface area contributed by atoms with E-state index in [-0.39, 0.29) is 24.6 Å². The molecule has 1 aromatic carbocycles. The van der Waals surface area contributed by atoms with Crippen LogP contribution in [0.15, 0.2) is 18.2 Å². The topological polar surface area (TPSA) is 55.1 Å². The third-order valence-corrected chi connectivity index (χ3v) is 2.45. The van der Waals surface area contributed by atoms with Crippen LogP contribution in [0.25, 0.3) is 0 Å². The third kappa shape index (κ3) is 5.25. The summed E-state index contributed by atoms with van der Waals surface area (Å²) in [5.74, 6) is -1.47. The smallest absolute Gasteiger partial charge is 0.370 e. The first kappa shape index (κ1) is 15.4. The molecule has 0 aromatic heterocycles. The van der Waals surface area contributed by atoms with Gasteiger partial charge in [-0.3, -0.25) is 4.79 Å². The fourth-order valence-corrected chi connectivity index (χ4v) is 1.58. The number of nitrogens with two attached hydrogens (primary N) is 1. The van der Waals surface area contributed by atoms with Gasteiger partial charge in [-0.15, -0.1) is 0 Å². The average Bonchev–Trinajstić information content (AvgIpc) is 2.23. The number of benzene rings is 1. The molecule has 1 aromatic rings. The molecule has 106 valence electrons. The number of nitrogens with one attached hydrogen (secondary N) is 1. The Kier molecular flexibility index (Phi) is 4.88. The van der Waals surface area contributed by atoms with Gasteiger partial charge < -0.3 is 11.1 Å². The molecule has 1 amide bonds. The van der Waals surface area contributed by atoms with Crippen molar-refractivity contribution in [3.05, 3.63) is 35.1 Å². The van der Waals surface area contributed by atoms with Gasteiger partial charge >= 0.3 is 6.18 Å². The molecule has 0 saturated heterocycles. The average molecular weight is 278 g/mol. The molecule has 3 N–H and O–H groups in total. The molecule has 3 nitrogen and oxygen atoms in total. The minimum Gasteiger partial charge on any atom is -0.370 e. The van der Waals surface area contributed by atoms with E-state index < -0.39 is 23.5 Å². The zero-order valence-electron chi connectivity index (χ0n) is 10.2. The predicted molar refractivity (Wildman–Crippen MR) is 61.5 cm³/mol. The Morgan fingerprint density at radius 2 is 2.00 bits per heavy atom. The molecule has 1 unspecified atom stereocenters. The van der Waals surface area contributed by atoms with E-state index in [4.69, 9.17) is 5.73 Å². The minimum atomic E-state index is -4.59. The lowest BCUT2D eigenvalue weighted by Crippen LogP contribution is -2.30. The van der Waals surface area contributed by atoms with Crippen LogP contribution in [-0.4, -0.2) is 11.9 Å². The lowest BCUT2D eigenvalue weighted by molar-refractivity contribution is -0.137. The predicted octanol–water partition coefficient (Wildman–Crippen LogP) is 2.20. The zero-order chi connectivity index (χ0) is 14.6. The summed E-state index contributed by atoms with van der Waals surface area (Å²) in [5, 5.41) is 2.80. The Bertz CT molecular complexity index is 460. The summed E-state index contributed by atoms with van der Waals surface area (Å²) in [6.07, 6.45) is -4.53. The minimum absolute atomic E-state index is 0.0231. The van der Waals surface area contributed by atoms with Crippen LogP contribution in [0.4, 0.5) is 17.6 Å². The highest BCUT2D eigenvalue weighted by Gasteiger charge is 2.31. The number of carbonyl (C=O) groups is 1. The van der Waals surface area contributed by atoms with E-state index >= 15 is 0 Å². The molecule has 0 aliphatic rings. The molecule has 19 heavy (non-hydrogen) atoms. The van der Waals surface area contributed by atoms with Gasteiger partial charge in [0.25, 0.3) is 0 Å². The molecular weight excluding hydrogens is 264 g/mol. The molecule has 0 radical (unpaired) electrons. The SMILES string of the molecule is CC(CC(N)=O)NCc1cc(F)cc(C(F)(F)F)c1. The molecule has 0 spiro atoms. The van der Waals surface area contributed by atoms with E-state index in [2.05, 4.69) is 5.32 Å². The molecule has 0 fully saturated rings. The zero-order valence-corrected chi connectivity index (χ0v) is 10.2. The van der Waals surface area contributed by atoms with Crippen LogP contribution in [0.5, 0.6) is 0 Å². The van der Waals surface area contributed by atoms with E-state index in [0.29, 0.717) is 6.07 Å². The standard InChI is InChI=1S/C12H14F4N2O/c1-7(2-11(17)19)18-6-8-3-9(12(14,15)16)5-10(13)4-8/h3-5,7,18H,2,6H2,1H3,(H2,17,19). The van der Waals surface area contributed by atoms with Crippen molar-refractivity contribution in [3.63, 3.8) is 0 Å². The molecule has 0 bridgehead atoms. The second-order valence-corrected chi connectivity index (χ2v) is 4.30. The van der Waals surface area contributed by atoms with E-state index in [0.717, 1.165) is 12.1 Å². The van der Waals surface area contributed by atoms with E-state index in [1.807, 2.05) is 0 Å². The van der Waals surface area contributed by atoms with Crippen LogP contribution in [-0.2, 0) is 17.5 Å². The Morgan fingerprint density at radius 1 is 1.37 bits per heavy atom. The monoisotopic (exact) mass is 278 g/mol. The fourth-order valence-electron chi connectivity index (χ4n) is 1.58. The Morgan fingerprint density at radius 3 is 2.53 bits per heavy atom. The number of primary amides is 1. The van der Waals surface area contributed by atoms with Crippen molar-refractivity contribution in [1.82, 2.24) is 5.32 Å². The van der Waals surface area contributed by atoms with Crippen LogP contribution < -0.4 is 11.1 Å². The van der Waals surface area contributed by atoms with Gasteiger partial charge in [-0.25, -0.2) is 4.39 Å². The summed E-state index contributed by atoms with van der Waals surface area (Å²) in [7, 11) is 0. The van der Waals surface area contributed by atoms with Crippen LogP contribution in [0.3, 0.4) is 0 Å². The van der Waals surface area contributed by atoms with E-state index in [9.17, 15) is 22.4 Å². The van der Waals surface area contributed by atoms with Gasteiger partial charge in [0.15, 0.2) is 0 Å². The van der Waals surface area contributed by atoms with Crippen LogP contribution in [0, 0.1) is 5.82 Å². The molecule has 0 aliphatic heterocycles. The maximum Gasteiger partial charge on any atom is 0.416 e. The number of rotatable bonds is 5. The van der Waals surface area contributed by atoms with Crippen molar-refractivity contribution in [3.8, 4) is 0 Å². The molecule has 1 rings (SSSR count). The number of halogens is 4. The van der Waals surface area contributed by atoms with Gasteiger partial charge in [-0.1, -0.05) is 0 Å². The second-order valence-electron chi connectivity index (χ2n) is 4.30. The third-order valence-electron chi connectivity index (χ3n) is 2.45. The summed E-state index contributed by atoms with van der Waals surface area (Å²) in [6, 6.07) is 2.03. The van der Waals surface area contributed by atoms with Gasteiger partial charge in [-0.2, -0.15) is 13.2 Å². The number of amides is 1. The van der Waals surface area contributed by atoms with Crippen molar-refractivity contribution in [2.45, 2.75) is 32.1 Å². The van der Waals surface area contributed by atoms with Crippen LogP contribution in [0.2, 0.25) is 0 Å². The largest absolute Gasteiger partial charge is 0.416 e. The Balaban J connectivity index is 2.74. The second kappa shape index (κ2) is 6.01. The van der Waals surface area contributed by atoms with Gasteiger partial charge in [0.05, 0.1) is 5.56 Å². The first-order valence-corrected chi connectivity index (χ1v) is 5.57. The molecule has 0 heterocycles. The molecule has 0 aliphatic carbocycles. The highest BCUT2D eigenvalue weighted by molar-refractivity contribution is 5.74. The summed E-state index contributed by atoms with van der Waals surface area (Å²) >= 11 is 0. The summed E-state index contributed by atoms with van der Waals surface area (Å²) in [5.41, 5.74) is 4.10. The van der Waals surface area contributed by atoms with Crippen molar-refractivity contribution >= 4 is 5.91 Å². The molecular formula is C12H14F4N2O. The number of hydrogen-bond acceptors (Lipinski definition) is 2. The summed E-state index contributed by atoms with van der Waals surface area (Å²) in [6.45, 7) is 1.68. The first-order valence-electron chi connectivity index (χ1n) is 5.57. The molecule has 7 heteroatoms. The highest BCUT2D eigenvalue weighted by Crippen LogP contribution is 2.30. The maximum atomic E-state index is 13.1. The van der Waals surface area contributed by atoms with Gasteiger partial charge in [0.2, 0.25) is 5.91 Å². The van der Waals surface area contributed by atoms with E-state index in [1.165, 1.54) is 0 Å². The Labute approximate surface area is 107 Å². The van der Waals surface area contributed by atoms with Crippen molar-refractivity contribution in [2.24, 2.45) is 5.73 Å². The number of alkyl halides is 3. The molecule has 0 saturated carbocycles. The van der Waals surface area contributed by atoms with Crippen molar-refractivity contribution < 1.29 is 22.4 Å².